The molecule has 0 aromatic heterocycles. The van der Waals surface area contributed by atoms with Crippen molar-refractivity contribution in [2.75, 3.05) is 12.0 Å². The molecule has 0 aromatic rings. The van der Waals surface area contributed by atoms with Crippen molar-refractivity contribution in [1.29, 1.82) is 4.78 Å². The number of nitrogens with one attached hydrogen (secondary N) is 1. The van der Waals surface area contributed by atoms with Crippen LogP contribution in [0.25, 0.3) is 0 Å². The molecule has 0 aliphatic rings. The lowest BCUT2D eigenvalue weighted by Crippen LogP contribution is -2.01. The number of Topliss-reactive ketones (excluding diaryl/α,β-unsaturated/α-hetero) is 1. The summed E-state index contributed by atoms with van der Waals surface area (Å²) in [5.74, 6) is 0.581. The number of rotatable bonds is 5. The Bertz CT molecular complexity index is 219. The summed E-state index contributed by atoms with van der Waals surface area (Å²) in [6.07, 6.45) is 3.47. The summed E-state index contributed by atoms with van der Waals surface area (Å²) in [6.45, 7) is 1.55. The molecule has 0 rings (SSSR count). The van der Waals surface area contributed by atoms with Crippen LogP contribution in [0.1, 0.15) is 26.2 Å². The zero-order valence-electron chi connectivity index (χ0n) is 7.05. The lowest BCUT2D eigenvalue weighted by Gasteiger charge is -1.98. The van der Waals surface area contributed by atoms with Crippen molar-refractivity contribution in [2.24, 2.45) is 0 Å². The molecule has 1 N–H and O–H groups in total. The van der Waals surface area contributed by atoms with Gasteiger partial charge in [0.1, 0.15) is 5.78 Å². The molecule has 0 bridgehead atoms. The van der Waals surface area contributed by atoms with Crippen molar-refractivity contribution in [1.82, 2.24) is 0 Å². The van der Waals surface area contributed by atoms with Gasteiger partial charge in [0.2, 0.25) is 0 Å². The fraction of sp³-hybridized carbons (Fsp3) is 0.857. The van der Waals surface area contributed by atoms with Crippen molar-refractivity contribution in [2.45, 2.75) is 26.2 Å². The summed E-state index contributed by atoms with van der Waals surface area (Å²) < 4.78 is 17.9. The Morgan fingerprint density at radius 1 is 1.45 bits per heavy atom. The first-order valence-corrected chi connectivity index (χ1v) is 5.76. The Balaban J connectivity index is 3.37. The third-order valence-electron chi connectivity index (χ3n) is 1.31. The van der Waals surface area contributed by atoms with Crippen LogP contribution in [-0.2, 0) is 14.5 Å². The molecule has 0 saturated carbocycles. The molecule has 0 spiro atoms. The molecule has 0 aliphatic heterocycles. The van der Waals surface area contributed by atoms with E-state index in [1.807, 2.05) is 0 Å². The van der Waals surface area contributed by atoms with Crippen LogP contribution in [0.3, 0.4) is 0 Å². The molecule has 0 amide bonds. The Morgan fingerprint density at radius 3 is 2.36 bits per heavy atom. The van der Waals surface area contributed by atoms with Gasteiger partial charge < -0.3 is 4.79 Å². The summed E-state index contributed by atoms with van der Waals surface area (Å²) in [6, 6.07) is 0. The summed E-state index contributed by atoms with van der Waals surface area (Å²) >= 11 is 0. The van der Waals surface area contributed by atoms with Gasteiger partial charge in [-0.1, -0.05) is 0 Å². The van der Waals surface area contributed by atoms with Crippen LogP contribution in [0.15, 0.2) is 0 Å². The second-order valence-electron chi connectivity index (χ2n) is 2.87. The Hall–Kier alpha value is -0.380. The highest BCUT2D eigenvalue weighted by Gasteiger charge is 1.98. The van der Waals surface area contributed by atoms with Crippen LogP contribution in [0.4, 0.5) is 0 Å². The van der Waals surface area contributed by atoms with Gasteiger partial charge in [-0.25, -0.2) is 0 Å². The van der Waals surface area contributed by atoms with E-state index in [0.717, 1.165) is 12.8 Å². The Kier molecular flexibility index (Phi) is 4.33. The predicted molar refractivity (Wildman–Crippen MR) is 46.2 cm³/mol. The first-order valence-electron chi connectivity index (χ1n) is 3.63. The quantitative estimate of drug-likeness (QED) is 0.646. The zero-order valence-corrected chi connectivity index (χ0v) is 7.87. The number of carbonyl (C=O) groups is 1. The third kappa shape index (κ3) is 9.62. The average molecular weight is 177 g/mol. The lowest BCUT2D eigenvalue weighted by atomic mass is 10.2. The molecule has 0 heterocycles. The molecule has 0 fully saturated rings. The predicted octanol–water partition coefficient (Wildman–Crippen LogP) is 1.42. The number of hydrogen-bond donors (Lipinski definition) is 1. The largest absolute Gasteiger partial charge is 0.300 e. The van der Waals surface area contributed by atoms with Gasteiger partial charge in [0.25, 0.3) is 0 Å². The Morgan fingerprint density at radius 2 is 2.00 bits per heavy atom. The van der Waals surface area contributed by atoms with E-state index in [2.05, 4.69) is 0 Å². The maximum atomic E-state index is 10.8. The molecule has 0 saturated heterocycles. The van der Waals surface area contributed by atoms with Gasteiger partial charge in [0.15, 0.2) is 0 Å². The van der Waals surface area contributed by atoms with E-state index in [4.69, 9.17) is 4.78 Å². The summed E-state index contributed by atoms with van der Waals surface area (Å²) in [7, 11) is -2.33. The van der Waals surface area contributed by atoms with E-state index < -0.39 is 9.73 Å². The van der Waals surface area contributed by atoms with Crippen LogP contribution in [0.2, 0.25) is 0 Å². The van der Waals surface area contributed by atoms with E-state index in [1.54, 1.807) is 6.92 Å². The van der Waals surface area contributed by atoms with Gasteiger partial charge in [-0.3, -0.25) is 8.99 Å². The SMILES string of the molecule is CC(=O)CCCC[S@@](C)(=N)=O. The normalized spacial score (nSPS) is 15.8. The van der Waals surface area contributed by atoms with Crippen LogP contribution < -0.4 is 0 Å². The van der Waals surface area contributed by atoms with E-state index in [9.17, 15) is 9.00 Å². The van der Waals surface area contributed by atoms with Crippen molar-refractivity contribution in [3.63, 3.8) is 0 Å². The minimum Gasteiger partial charge on any atom is -0.300 e. The van der Waals surface area contributed by atoms with Crippen molar-refractivity contribution in [3.05, 3.63) is 0 Å². The van der Waals surface area contributed by atoms with Crippen LogP contribution in [0, 0.1) is 4.78 Å². The minimum atomic E-state index is -2.33. The molecular formula is C7H15NO2S. The molecule has 66 valence electrons. The van der Waals surface area contributed by atoms with E-state index in [1.165, 1.54) is 6.26 Å². The lowest BCUT2D eigenvalue weighted by molar-refractivity contribution is -0.117. The summed E-state index contributed by atoms with van der Waals surface area (Å²) in [4.78, 5) is 10.5. The maximum absolute atomic E-state index is 10.8. The summed E-state index contributed by atoms with van der Waals surface area (Å²) in [5.41, 5.74) is 0. The van der Waals surface area contributed by atoms with Crippen LogP contribution >= 0.6 is 0 Å². The van der Waals surface area contributed by atoms with Crippen molar-refractivity contribution >= 4 is 15.5 Å². The highest BCUT2D eigenvalue weighted by molar-refractivity contribution is 7.91. The first-order chi connectivity index (χ1) is 4.92. The van der Waals surface area contributed by atoms with Gasteiger partial charge in [-0.05, 0) is 19.8 Å². The van der Waals surface area contributed by atoms with Gasteiger partial charge in [0.05, 0.1) is 0 Å². The summed E-state index contributed by atoms with van der Waals surface area (Å²) in [5, 5.41) is 0. The molecular weight excluding hydrogens is 162 g/mol. The topological polar surface area (TPSA) is 58.0 Å². The highest BCUT2D eigenvalue weighted by Crippen LogP contribution is 1.99. The third-order valence-corrected chi connectivity index (χ3v) is 2.38. The smallest absolute Gasteiger partial charge is 0.129 e. The Labute approximate surface area is 68.2 Å². The molecule has 0 aliphatic carbocycles. The van der Waals surface area contributed by atoms with Gasteiger partial charge in [-0.2, -0.15) is 0 Å². The second-order valence-corrected chi connectivity index (χ2v) is 5.29. The number of hydrogen-bond acceptors (Lipinski definition) is 3. The van der Waals surface area contributed by atoms with E-state index in [0.29, 0.717) is 12.2 Å². The van der Waals surface area contributed by atoms with Gasteiger partial charge in [0, 0.05) is 28.2 Å². The molecule has 0 radical (unpaired) electrons. The minimum absolute atomic E-state index is 0.164. The molecule has 0 aromatic carbocycles. The number of ketones is 1. The molecule has 0 unspecified atom stereocenters. The zero-order chi connectivity index (χ0) is 8.91. The maximum Gasteiger partial charge on any atom is 0.129 e. The highest BCUT2D eigenvalue weighted by atomic mass is 32.2. The standard InChI is InChI=1S/C7H15NO2S/c1-7(9)5-3-4-6-11(2,8)10/h8H,3-6H2,1-2H3/t11-/m0/s1. The van der Waals surface area contributed by atoms with E-state index in [-0.39, 0.29) is 5.78 Å². The van der Waals surface area contributed by atoms with Gasteiger partial charge >= 0.3 is 0 Å². The average Bonchev–Trinajstić information content (AvgIpc) is 1.78. The molecule has 1 atom stereocenters. The van der Waals surface area contributed by atoms with Crippen LogP contribution in [0.5, 0.6) is 0 Å². The van der Waals surface area contributed by atoms with Crippen molar-refractivity contribution < 1.29 is 9.00 Å². The first kappa shape index (κ1) is 10.6. The van der Waals surface area contributed by atoms with Crippen molar-refractivity contribution in [3.8, 4) is 0 Å². The fourth-order valence-electron chi connectivity index (χ4n) is 0.751. The van der Waals surface area contributed by atoms with Crippen LogP contribution in [-0.4, -0.2) is 22.0 Å². The second kappa shape index (κ2) is 4.49. The molecule has 11 heavy (non-hydrogen) atoms. The fourth-order valence-corrected chi connectivity index (χ4v) is 1.51. The number of unbranched alkanes of at least 4 members (excludes halogenated alkanes) is 1. The van der Waals surface area contributed by atoms with Gasteiger partial charge in [-0.15, -0.1) is 0 Å². The number of carbonyl (C=O) groups excluding carboxylic acids is 1. The monoisotopic (exact) mass is 177 g/mol. The van der Waals surface area contributed by atoms with E-state index >= 15 is 0 Å². The molecule has 4 heteroatoms. The molecule has 3 nitrogen and oxygen atoms in total.